The predicted molar refractivity (Wildman–Crippen MR) is 70.4 cm³/mol. The highest BCUT2D eigenvalue weighted by atomic mass is 19.1. The van der Waals surface area contributed by atoms with Crippen molar-refractivity contribution >= 4 is 6.09 Å². The molecule has 0 aromatic rings. The van der Waals surface area contributed by atoms with Gasteiger partial charge in [-0.1, -0.05) is 19.3 Å². The lowest BCUT2D eigenvalue weighted by Gasteiger charge is -2.32. The SMILES string of the molecule is C[C@@H](CC1(F)CCCCC1)NC(=O)OC(C)(C)C. The molecule has 0 saturated heterocycles. The van der Waals surface area contributed by atoms with Crippen LogP contribution >= 0.6 is 0 Å². The Bertz CT molecular complexity index is 280. The number of hydrogen-bond acceptors (Lipinski definition) is 2. The van der Waals surface area contributed by atoms with Crippen LogP contribution in [0.1, 0.15) is 66.2 Å². The zero-order valence-electron chi connectivity index (χ0n) is 12.0. The standard InChI is InChI=1S/C14H26FNO2/c1-11(16-12(17)18-13(2,3)4)10-14(15)8-6-5-7-9-14/h11H,5-10H2,1-4H3,(H,16,17)/t11-/m0/s1. The van der Waals surface area contributed by atoms with Gasteiger partial charge in [0.1, 0.15) is 11.3 Å². The maximum Gasteiger partial charge on any atom is 0.407 e. The molecule has 1 aliphatic rings. The molecule has 3 nitrogen and oxygen atoms in total. The summed E-state index contributed by atoms with van der Waals surface area (Å²) in [5.41, 5.74) is -1.62. The molecule has 0 aromatic carbocycles. The molecule has 1 rings (SSSR count). The van der Waals surface area contributed by atoms with Crippen LogP contribution in [0.5, 0.6) is 0 Å². The predicted octanol–water partition coefficient (Wildman–Crippen LogP) is 3.96. The van der Waals surface area contributed by atoms with Gasteiger partial charge in [-0.2, -0.15) is 0 Å². The molecule has 4 heteroatoms. The summed E-state index contributed by atoms with van der Waals surface area (Å²) in [7, 11) is 0. The summed E-state index contributed by atoms with van der Waals surface area (Å²) in [5.74, 6) is 0. The van der Waals surface area contributed by atoms with E-state index < -0.39 is 17.4 Å². The molecule has 18 heavy (non-hydrogen) atoms. The molecule has 106 valence electrons. The van der Waals surface area contributed by atoms with Gasteiger partial charge in [0.15, 0.2) is 0 Å². The van der Waals surface area contributed by atoms with Crippen molar-refractivity contribution < 1.29 is 13.9 Å². The summed E-state index contributed by atoms with van der Waals surface area (Å²) in [4.78, 5) is 11.6. The molecule has 0 unspecified atom stereocenters. The molecule has 0 bridgehead atoms. The van der Waals surface area contributed by atoms with Crippen molar-refractivity contribution in [3.8, 4) is 0 Å². The van der Waals surface area contributed by atoms with E-state index in [1.807, 2.05) is 27.7 Å². The summed E-state index contributed by atoms with van der Waals surface area (Å²) < 4.78 is 19.6. The second-order valence-corrected chi connectivity index (χ2v) is 6.46. The maximum absolute atomic E-state index is 14.4. The van der Waals surface area contributed by atoms with Crippen molar-refractivity contribution in [3.05, 3.63) is 0 Å². The monoisotopic (exact) mass is 259 g/mol. The molecule has 1 amide bonds. The quantitative estimate of drug-likeness (QED) is 0.833. The van der Waals surface area contributed by atoms with Crippen molar-refractivity contribution in [2.75, 3.05) is 0 Å². The molecule has 1 saturated carbocycles. The lowest BCUT2D eigenvalue weighted by molar-refractivity contribution is 0.0451. The number of carbonyl (C=O) groups excluding carboxylic acids is 1. The summed E-state index contributed by atoms with van der Waals surface area (Å²) in [6.45, 7) is 7.28. The van der Waals surface area contributed by atoms with Gasteiger partial charge in [0.25, 0.3) is 0 Å². The topological polar surface area (TPSA) is 38.3 Å². The lowest BCUT2D eigenvalue weighted by Crippen LogP contribution is -2.42. The number of alkyl carbamates (subject to hydrolysis) is 1. The Morgan fingerprint density at radius 2 is 1.89 bits per heavy atom. The van der Waals surface area contributed by atoms with E-state index in [0.29, 0.717) is 19.3 Å². The minimum absolute atomic E-state index is 0.192. The van der Waals surface area contributed by atoms with Crippen LogP contribution in [-0.2, 0) is 4.74 Å². The number of nitrogens with one attached hydrogen (secondary N) is 1. The molecule has 0 radical (unpaired) electrons. The van der Waals surface area contributed by atoms with Crippen molar-refractivity contribution in [1.82, 2.24) is 5.32 Å². The average molecular weight is 259 g/mol. The van der Waals surface area contributed by atoms with E-state index in [-0.39, 0.29) is 6.04 Å². The fraction of sp³-hybridized carbons (Fsp3) is 0.929. The molecule has 0 heterocycles. The smallest absolute Gasteiger partial charge is 0.407 e. The molecular weight excluding hydrogens is 233 g/mol. The zero-order valence-corrected chi connectivity index (χ0v) is 12.0. The molecule has 1 aliphatic carbocycles. The van der Waals surface area contributed by atoms with Gasteiger partial charge in [0.05, 0.1) is 0 Å². The van der Waals surface area contributed by atoms with Gasteiger partial charge >= 0.3 is 6.09 Å². The van der Waals surface area contributed by atoms with Gasteiger partial charge in [-0.05, 0) is 40.5 Å². The minimum atomic E-state index is -1.10. The number of alkyl halides is 1. The highest BCUT2D eigenvalue weighted by molar-refractivity contribution is 5.68. The van der Waals surface area contributed by atoms with Crippen LogP contribution < -0.4 is 5.32 Å². The normalized spacial score (nSPS) is 21.2. The third kappa shape index (κ3) is 5.69. The minimum Gasteiger partial charge on any atom is -0.444 e. The number of rotatable bonds is 3. The van der Waals surface area contributed by atoms with Crippen molar-refractivity contribution in [1.29, 1.82) is 0 Å². The summed E-state index contributed by atoms with van der Waals surface area (Å²) in [6, 6.07) is -0.192. The summed E-state index contributed by atoms with van der Waals surface area (Å²) in [5, 5.41) is 2.71. The number of amides is 1. The highest BCUT2D eigenvalue weighted by Gasteiger charge is 2.33. The summed E-state index contributed by atoms with van der Waals surface area (Å²) >= 11 is 0. The first-order valence-corrected chi connectivity index (χ1v) is 6.89. The van der Waals surface area contributed by atoms with Crippen LogP contribution in [0.25, 0.3) is 0 Å². The van der Waals surface area contributed by atoms with Crippen molar-refractivity contribution in [3.63, 3.8) is 0 Å². The van der Waals surface area contributed by atoms with E-state index in [1.165, 1.54) is 0 Å². The van der Waals surface area contributed by atoms with Crippen molar-refractivity contribution in [2.45, 2.75) is 83.5 Å². The first kappa shape index (κ1) is 15.3. The Labute approximate surface area is 109 Å². The molecular formula is C14H26FNO2. The number of halogens is 1. The number of carbonyl (C=O) groups is 1. The van der Waals surface area contributed by atoms with Crippen molar-refractivity contribution in [2.24, 2.45) is 0 Å². The van der Waals surface area contributed by atoms with Gasteiger partial charge < -0.3 is 10.1 Å². The average Bonchev–Trinajstić information content (AvgIpc) is 2.13. The Balaban J connectivity index is 2.36. The van der Waals surface area contributed by atoms with Gasteiger partial charge in [0.2, 0.25) is 0 Å². The third-order valence-corrected chi connectivity index (χ3v) is 3.18. The first-order chi connectivity index (χ1) is 8.20. The van der Waals surface area contributed by atoms with E-state index in [1.54, 1.807) is 0 Å². The highest BCUT2D eigenvalue weighted by Crippen LogP contribution is 2.35. The first-order valence-electron chi connectivity index (χ1n) is 6.89. The lowest BCUT2D eigenvalue weighted by atomic mass is 9.82. The molecule has 1 N–H and O–H groups in total. The van der Waals surface area contributed by atoms with E-state index >= 15 is 0 Å². The van der Waals surface area contributed by atoms with Crippen LogP contribution in [-0.4, -0.2) is 23.4 Å². The third-order valence-electron chi connectivity index (χ3n) is 3.18. The second kappa shape index (κ2) is 5.89. The second-order valence-electron chi connectivity index (χ2n) is 6.46. The van der Waals surface area contributed by atoms with Crippen LogP contribution in [0, 0.1) is 0 Å². The Hall–Kier alpha value is -0.800. The molecule has 0 aliphatic heterocycles. The van der Waals surface area contributed by atoms with Gasteiger partial charge in [0, 0.05) is 12.5 Å². The molecule has 1 atom stereocenters. The summed E-state index contributed by atoms with van der Waals surface area (Å²) in [6.07, 6.45) is 4.19. The molecule has 0 spiro atoms. The van der Waals surface area contributed by atoms with Crippen LogP contribution in [0.2, 0.25) is 0 Å². The van der Waals surface area contributed by atoms with E-state index in [2.05, 4.69) is 5.32 Å². The Morgan fingerprint density at radius 3 is 2.39 bits per heavy atom. The molecule has 0 aromatic heterocycles. The number of ether oxygens (including phenoxy) is 1. The van der Waals surface area contributed by atoms with E-state index in [0.717, 1.165) is 19.3 Å². The Morgan fingerprint density at radius 1 is 1.33 bits per heavy atom. The largest absolute Gasteiger partial charge is 0.444 e. The van der Waals surface area contributed by atoms with Crippen LogP contribution in [0.15, 0.2) is 0 Å². The maximum atomic E-state index is 14.4. The van der Waals surface area contributed by atoms with Crippen LogP contribution in [0.3, 0.4) is 0 Å². The van der Waals surface area contributed by atoms with Gasteiger partial charge in [-0.15, -0.1) is 0 Å². The van der Waals surface area contributed by atoms with Crippen LogP contribution in [0.4, 0.5) is 9.18 Å². The number of hydrogen-bond donors (Lipinski definition) is 1. The molecule has 1 fully saturated rings. The Kier molecular flexibility index (Phi) is 5.00. The fourth-order valence-electron chi connectivity index (χ4n) is 2.50. The van der Waals surface area contributed by atoms with Gasteiger partial charge in [-0.25, -0.2) is 9.18 Å². The fourth-order valence-corrected chi connectivity index (χ4v) is 2.50. The zero-order chi connectivity index (χ0) is 13.8. The van der Waals surface area contributed by atoms with E-state index in [4.69, 9.17) is 4.74 Å². The van der Waals surface area contributed by atoms with E-state index in [9.17, 15) is 9.18 Å². The van der Waals surface area contributed by atoms with Gasteiger partial charge in [-0.3, -0.25) is 0 Å².